The smallest absolute Gasteiger partial charge is 0.110 e. The molecule has 0 atom stereocenters. The van der Waals surface area contributed by atoms with Crippen LogP contribution in [0.25, 0.3) is 10.2 Å². The molecule has 11 heavy (non-hydrogen) atoms. The topological polar surface area (TPSA) is 36.7 Å². The van der Waals surface area contributed by atoms with Crippen LogP contribution >= 0.6 is 11.3 Å². The number of hydrogen-bond acceptors (Lipinski definition) is 3. The van der Waals surface area contributed by atoms with Crippen LogP contribution in [-0.4, -0.2) is 4.98 Å². The van der Waals surface area contributed by atoms with Gasteiger partial charge in [0.2, 0.25) is 0 Å². The van der Waals surface area contributed by atoms with Gasteiger partial charge in [-0.25, -0.2) is 0 Å². The lowest BCUT2D eigenvalue weighted by molar-refractivity contribution is 1.43. The molecule has 0 bridgehead atoms. The van der Waals surface area contributed by atoms with Gasteiger partial charge < -0.3 is 0 Å². The number of pyridine rings is 1. The van der Waals surface area contributed by atoms with Gasteiger partial charge in [0.05, 0.1) is 10.2 Å². The Morgan fingerprint density at radius 1 is 1.55 bits per heavy atom. The second-order valence-corrected chi connectivity index (χ2v) is 3.19. The average molecular weight is 160 g/mol. The van der Waals surface area contributed by atoms with E-state index in [0.29, 0.717) is 0 Å². The molecule has 0 saturated heterocycles. The Labute approximate surface area is 67.7 Å². The zero-order valence-electron chi connectivity index (χ0n) is 5.61. The van der Waals surface area contributed by atoms with E-state index >= 15 is 0 Å². The zero-order valence-corrected chi connectivity index (χ0v) is 6.43. The summed E-state index contributed by atoms with van der Waals surface area (Å²) < 4.78 is 1.07. The van der Waals surface area contributed by atoms with Gasteiger partial charge in [-0.05, 0) is 18.2 Å². The monoisotopic (exact) mass is 160 g/mol. The van der Waals surface area contributed by atoms with Crippen LogP contribution in [0.5, 0.6) is 0 Å². The Morgan fingerprint density at radius 3 is 3.18 bits per heavy atom. The standard InChI is InChI=1S/C8H4N2S/c9-5-6-4-7-8(11-6)2-1-3-10-7/h1-4H. The first-order valence-corrected chi connectivity index (χ1v) is 3.96. The van der Waals surface area contributed by atoms with Crippen molar-refractivity contribution in [2.45, 2.75) is 0 Å². The lowest BCUT2D eigenvalue weighted by atomic mass is 10.4. The molecule has 2 rings (SSSR count). The third-order valence-corrected chi connectivity index (χ3v) is 2.39. The van der Waals surface area contributed by atoms with Gasteiger partial charge in [-0.3, -0.25) is 4.98 Å². The van der Waals surface area contributed by atoms with Crippen molar-refractivity contribution in [3.63, 3.8) is 0 Å². The SMILES string of the molecule is N#Cc1cc2ncccc2s1. The third kappa shape index (κ3) is 0.975. The summed E-state index contributed by atoms with van der Waals surface area (Å²) in [6.45, 7) is 0. The van der Waals surface area contributed by atoms with E-state index in [2.05, 4.69) is 11.1 Å². The molecule has 2 nitrogen and oxygen atoms in total. The number of nitrogens with zero attached hydrogens (tertiary/aromatic N) is 2. The summed E-state index contributed by atoms with van der Waals surface area (Å²) in [6.07, 6.45) is 1.73. The summed E-state index contributed by atoms with van der Waals surface area (Å²) in [5.74, 6) is 0. The number of rotatable bonds is 0. The predicted octanol–water partition coefficient (Wildman–Crippen LogP) is 2.17. The third-order valence-electron chi connectivity index (χ3n) is 1.40. The molecule has 0 spiro atoms. The van der Waals surface area contributed by atoms with Crippen molar-refractivity contribution in [3.05, 3.63) is 29.3 Å². The van der Waals surface area contributed by atoms with Crippen LogP contribution in [0.4, 0.5) is 0 Å². The van der Waals surface area contributed by atoms with E-state index in [-0.39, 0.29) is 0 Å². The van der Waals surface area contributed by atoms with Crippen LogP contribution in [0.15, 0.2) is 24.4 Å². The van der Waals surface area contributed by atoms with E-state index < -0.39 is 0 Å². The summed E-state index contributed by atoms with van der Waals surface area (Å²) in [6, 6.07) is 7.74. The Balaban J connectivity index is 2.81. The first-order chi connectivity index (χ1) is 5.40. The van der Waals surface area contributed by atoms with Crippen LogP contribution in [0.1, 0.15) is 4.88 Å². The van der Waals surface area contributed by atoms with E-state index in [1.807, 2.05) is 12.1 Å². The lowest BCUT2D eigenvalue weighted by Gasteiger charge is -1.81. The highest BCUT2D eigenvalue weighted by Gasteiger charge is 1.98. The Morgan fingerprint density at radius 2 is 2.45 bits per heavy atom. The Bertz CT molecular complexity index is 392. The van der Waals surface area contributed by atoms with Gasteiger partial charge in [0.1, 0.15) is 10.9 Å². The molecule has 52 valence electrons. The minimum atomic E-state index is 0.721. The minimum absolute atomic E-state index is 0.721. The highest BCUT2D eigenvalue weighted by molar-refractivity contribution is 7.19. The highest BCUT2D eigenvalue weighted by atomic mass is 32.1. The van der Waals surface area contributed by atoms with Crippen LogP contribution in [0, 0.1) is 11.3 Å². The molecule has 2 aromatic rings. The van der Waals surface area contributed by atoms with E-state index in [9.17, 15) is 0 Å². The molecule has 0 aliphatic rings. The number of thiophene rings is 1. The molecule has 3 heteroatoms. The Kier molecular flexibility index (Phi) is 1.34. The van der Waals surface area contributed by atoms with Gasteiger partial charge >= 0.3 is 0 Å². The molecule has 0 radical (unpaired) electrons. The van der Waals surface area contributed by atoms with Crippen LogP contribution in [0.2, 0.25) is 0 Å². The van der Waals surface area contributed by atoms with E-state index in [1.165, 1.54) is 11.3 Å². The second-order valence-electron chi connectivity index (χ2n) is 2.11. The van der Waals surface area contributed by atoms with Crippen molar-refractivity contribution >= 4 is 21.6 Å². The lowest BCUT2D eigenvalue weighted by Crippen LogP contribution is -1.66. The predicted molar refractivity (Wildman–Crippen MR) is 44.3 cm³/mol. The van der Waals surface area contributed by atoms with E-state index in [0.717, 1.165) is 15.1 Å². The molecule has 0 aromatic carbocycles. The molecular weight excluding hydrogens is 156 g/mol. The second kappa shape index (κ2) is 2.33. The molecular formula is C8H4N2S. The molecule has 0 unspecified atom stereocenters. The quantitative estimate of drug-likeness (QED) is 0.592. The van der Waals surface area contributed by atoms with Crippen molar-refractivity contribution < 1.29 is 0 Å². The summed E-state index contributed by atoms with van der Waals surface area (Å²) in [7, 11) is 0. The van der Waals surface area contributed by atoms with Crippen molar-refractivity contribution in [2.24, 2.45) is 0 Å². The maximum atomic E-state index is 8.57. The molecule has 0 N–H and O–H groups in total. The van der Waals surface area contributed by atoms with Gasteiger partial charge in [0.15, 0.2) is 0 Å². The molecule has 2 heterocycles. The molecule has 0 amide bonds. The first-order valence-electron chi connectivity index (χ1n) is 3.15. The number of nitriles is 1. The summed E-state index contributed by atoms with van der Waals surface area (Å²) in [5.41, 5.74) is 0.911. The van der Waals surface area contributed by atoms with Gasteiger partial charge in [-0.2, -0.15) is 5.26 Å². The summed E-state index contributed by atoms with van der Waals surface area (Å²) in [5, 5.41) is 8.57. The highest BCUT2D eigenvalue weighted by Crippen LogP contribution is 2.22. The number of hydrogen-bond donors (Lipinski definition) is 0. The van der Waals surface area contributed by atoms with Gasteiger partial charge in [0.25, 0.3) is 0 Å². The molecule has 0 saturated carbocycles. The van der Waals surface area contributed by atoms with Gasteiger partial charge in [-0.15, -0.1) is 11.3 Å². The summed E-state index contributed by atoms with van der Waals surface area (Å²) in [4.78, 5) is 4.83. The average Bonchev–Trinajstić information content (AvgIpc) is 2.46. The number of fused-ring (bicyclic) bond motifs is 1. The van der Waals surface area contributed by atoms with Crippen molar-refractivity contribution in [1.82, 2.24) is 4.98 Å². The maximum absolute atomic E-state index is 8.57. The number of aromatic nitrogens is 1. The van der Waals surface area contributed by atoms with Crippen molar-refractivity contribution in [3.8, 4) is 6.07 Å². The molecule has 2 aromatic heterocycles. The van der Waals surface area contributed by atoms with Gasteiger partial charge in [-0.1, -0.05) is 0 Å². The minimum Gasteiger partial charge on any atom is -0.255 e. The zero-order chi connectivity index (χ0) is 7.68. The van der Waals surface area contributed by atoms with Crippen molar-refractivity contribution in [2.75, 3.05) is 0 Å². The molecule has 0 aliphatic heterocycles. The fourth-order valence-electron chi connectivity index (χ4n) is 0.925. The van der Waals surface area contributed by atoms with E-state index in [1.54, 1.807) is 12.3 Å². The first kappa shape index (κ1) is 6.32. The molecule has 0 aliphatic carbocycles. The van der Waals surface area contributed by atoms with Crippen molar-refractivity contribution in [1.29, 1.82) is 5.26 Å². The normalized spacial score (nSPS) is 9.73. The molecule has 0 fully saturated rings. The fourth-order valence-corrected chi connectivity index (χ4v) is 1.74. The largest absolute Gasteiger partial charge is 0.255 e. The fraction of sp³-hybridized carbons (Fsp3) is 0. The van der Waals surface area contributed by atoms with Crippen LogP contribution in [0.3, 0.4) is 0 Å². The Hall–Kier alpha value is -1.40. The van der Waals surface area contributed by atoms with Gasteiger partial charge in [0, 0.05) is 6.20 Å². The van der Waals surface area contributed by atoms with E-state index in [4.69, 9.17) is 5.26 Å². The maximum Gasteiger partial charge on any atom is 0.110 e. The summed E-state index contributed by atoms with van der Waals surface area (Å²) >= 11 is 1.47. The van der Waals surface area contributed by atoms with Crippen LogP contribution in [-0.2, 0) is 0 Å². The van der Waals surface area contributed by atoms with Crippen LogP contribution < -0.4 is 0 Å².